The summed E-state index contributed by atoms with van der Waals surface area (Å²) in [6.45, 7) is 3.16. The van der Waals surface area contributed by atoms with Crippen molar-refractivity contribution >= 4 is 5.69 Å². The topological polar surface area (TPSA) is 50.5 Å². The molecule has 96 valence electrons. The minimum Gasteiger partial charge on any atom is -0.396 e. The van der Waals surface area contributed by atoms with Gasteiger partial charge in [0.05, 0.1) is 11.6 Å². The SMILES string of the molecule is CN1CCN(c2ccc(C#N)cc2)CC1CCO. The lowest BCUT2D eigenvalue weighted by atomic mass is 10.1. The number of anilines is 1. The van der Waals surface area contributed by atoms with Crippen LogP contribution in [0.2, 0.25) is 0 Å². The van der Waals surface area contributed by atoms with Gasteiger partial charge in [-0.25, -0.2) is 0 Å². The summed E-state index contributed by atoms with van der Waals surface area (Å²) in [6, 6.07) is 10.2. The molecule has 0 radical (unpaired) electrons. The van der Waals surface area contributed by atoms with E-state index in [0.717, 1.165) is 31.7 Å². The molecule has 1 N–H and O–H groups in total. The second-order valence-electron chi connectivity index (χ2n) is 4.75. The van der Waals surface area contributed by atoms with Crippen LogP contribution >= 0.6 is 0 Å². The molecule has 1 heterocycles. The van der Waals surface area contributed by atoms with Crippen molar-refractivity contribution < 1.29 is 5.11 Å². The van der Waals surface area contributed by atoms with Crippen LogP contribution in [-0.4, -0.2) is 49.3 Å². The molecule has 1 aliphatic heterocycles. The molecule has 1 atom stereocenters. The van der Waals surface area contributed by atoms with E-state index < -0.39 is 0 Å². The molecule has 1 saturated heterocycles. The quantitative estimate of drug-likeness (QED) is 0.865. The van der Waals surface area contributed by atoms with Crippen molar-refractivity contribution in [2.45, 2.75) is 12.5 Å². The highest BCUT2D eigenvalue weighted by Gasteiger charge is 2.23. The zero-order chi connectivity index (χ0) is 13.0. The van der Waals surface area contributed by atoms with Gasteiger partial charge in [0.25, 0.3) is 0 Å². The first-order valence-electron chi connectivity index (χ1n) is 6.31. The second kappa shape index (κ2) is 5.85. The maximum Gasteiger partial charge on any atom is 0.0991 e. The molecule has 0 bridgehead atoms. The van der Waals surface area contributed by atoms with E-state index in [1.54, 1.807) is 0 Å². The summed E-state index contributed by atoms with van der Waals surface area (Å²) in [5.41, 5.74) is 1.85. The predicted octanol–water partition coefficient (Wildman–Crippen LogP) is 1.06. The van der Waals surface area contributed by atoms with Crippen LogP contribution in [0.3, 0.4) is 0 Å². The van der Waals surface area contributed by atoms with Gasteiger partial charge in [-0.3, -0.25) is 4.90 Å². The van der Waals surface area contributed by atoms with Crippen LogP contribution < -0.4 is 4.90 Å². The van der Waals surface area contributed by atoms with Crippen molar-refractivity contribution in [1.29, 1.82) is 5.26 Å². The van der Waals surface area contributed by atoms with Gasteiger partial charge in [0.1, 0.15) is 0 Å². The van der Waals surface area contributed by atoms with Crippen LogP contribution in [-0.2, 0) is 0 Å². The van der Waals surface area contributed by atoms with E-state index in [4.69, 9.17) is 10.4 Å². The van der Waals surface area contributed by atoms with E-state index in [1.165, 1.54) is 0 Å². The number of aliphatic hydroxyl groups is 1. The fraction of sp³-hybridized carbons (Fsp3) is 0.500. The van der Waals surface area contributed by atoms with E-state index in [-0.39, 0.29) is 6.61 Å². The molecule has 1 aliphatic rings. The zero-order valence-corrected chi connectivity index (χ0v) is 10.7. The monoisotopic (exact) mass is 245 g/mol. The minimum atomic E-state index is 0.232. The molecular formula is C14H19N3O. The van der Waals surface area contributed by atoms with E-state index in [1.807, 2.05) is 24.3 Å². The van der Waals surface area contributed by atoms with E-state index in [9.17, 15) is 0 Å². The van der Waals surface area contributed by atoms with Crippen molar-refractivity contribution in [2.24, 2.45) is 0 Å². The summed E-state index contributed by atoms with van der Waals surface area (Å²) in [6.07, 6.45) is 0.809. The Labute approximate surface area is 108 Å². The van der Waals surface area contributed by atoms with E-state index in [2.05, 4.69) is 22.9 Å². The summed E-state index contributed by atoms with van der Waals surface area (Å²) in [5, 5.41) is 17.9. The van der Waals surface area contributed by atoms with Crippen molar-refractivity contribution in [1.82, 2.24) is 4.90 Å². The first-order valence-corrected chi connectivity index (χ1v) is 6.31. The lowest BCUT2D eigenvalue weighted by Gasteiger charge is -2.40. The van der Waals surface area contributed by atoms with Gasteiger partial charge in [-0.2, -0.15) is 5.26 Å². The van der Waals surface area contributed by atoms with Crippen LogP contribution in [0.15, 0.2) is 24.3 Å². The molecule has 18 heavy (non-hydrogen) atoms. The van der Waals surface area contributed by atoms with Crippen LogP contribution in [0.1, 0.15) is 12.0 Å². The van der Waals surface area contributed by atoms with Gasteiger partial charge in [0.15, 0.2) is 0 Å². The summed E-state index contributed by atoms with van der Waals surface area (Å²) in [4.78, 5) is 4.62. The van der Waals surface area contributed by atoms with E-state index in [0.29, 0.717) is 11.6 Å². The molecule has 1 fully saturated rings. The molecular weight excluding hydrogens is 226 g/mol. The van der Waals surface area contributed by atoms with Gasteiger partial charge in [-0.05, 0) is 37.7 Å². The standard InChI is InChI=1S/C14H19N3O/c1-16-7-8-17(11-14(16)6-9-18)13-4-2-12(10-15)3-5-13/h2-5,14,18H,6-9,11H2,1H3. The molecule has 4 heteroatoms. The number of rotatable bonds is 3. The van der Waals surface area contributed by atoms with Gasteiger partial charge in [-0.15, -0.1) is 0 Å². The average molecular weight is 245 g/mol. The maximum absolute atomic E-state index is 9.08. The summed E-state index contributed by atoms with van der Waals surface area (Å²) < 4.78 is 0. The lowest BCUT2D eigenvalue weighted by Crippen LogP contribution is -2.51. The Morgan fingerprint density at radius 3 is 2.67 bits per heavy atom. The fourth-order valence-corrected chi connectivity index (χ4v) is 2.39. The first-order chi connectivity index (χ1) is 8.74. The lowest BCUT2D eigenvalue weighted by molar-refractivity contribution is 0.171. The molecule has 2 rings (SSSR count). The summed E-state index contributed by atoms with van der Waals surface area (Å²) in [7, 11) is 2.11. The number of likely N-dealkylation sites (N-methyl/N-ethyl adjacent to an activating group) is 1. The molecule has 0 aromatic heterocycles. The number of nitrogens with zero attached hydrogens (tertiary/aromatic N) is 3. The highest BCUT2D eigenvalue weighted by Crippen LogP contribution is 2.20. The highest BCUT2D eigenvalue weighted by atomic mass is 16.3. The normalized spacial score (nSPS) is 20.7. The Morgan fingerprint density at radius 2 is 2.06 bits per heavy atom. The first kappa shape index (κ1) is 12.9. The Morgan fingerprint density at radius 1 is 1.33 bits per heavy atom. The third-order valence-corrected chi connectivity index (χ3v) is 3.60. The number of piperazine rings is 1. The highest BCUT2D eigenvalue weighted by molar-refractivity contribution is 5.50. The van der Waals surface area contributed by atoms with Gasteiger partial charge < -0.3 is 10.0 Å². The number of nitriles is 1. The van der Waals surface area contributed by atoms with Crippen molar-refractivity contribution in [3.8, 4) is 6.07 Å². The third kappa shape index (κ3) is 2.81. The fourth-order valence-electron chi connectivity index (χ4n) is 2.39. The average Bonchev–Trinajstić information content (AvgIpc) is 2.42. The molecule has 1 aromatic rings. The van der Waals surface area contributed by atoms with E-state index >= 15 is 0 Å². The van der Waals surface area contributed by atoms with Crippen LogP contribution in [0.4, 0.5) is 5.69 Å². The second-order valence-corrected chi connectivity index (χ2v) is 4.75. The minimum absolute atomic E-state index is 0.232. The van der Waals surface area contributed by atoms with Gasteiger partial charge in [-0.1, -0.05) is 0 Å². The van der Waals surface area contributed by atoms with Crippen LogP contribution in [0, 0.1) is 11.3 Å². The number of aliphatic hydroxyl groups excluding tert-OH is 1. The molecule has 1 aromatic carbocycles. The van der Waals surface area contributed by atoms with Crippen molar-refractivity contribution in [3.05, 3.63) is 29.8 Å². The summed E-state index contributed by atoms with van der Waals surface area (Å²) in [5.74, 6) is 0. The van der Waals surface area contributed by atoms with Gasteiger partial charge >= 0.3 is 0 Å². The van der Waals surface area contributed by atoms with Crippen LogP contribution in [0.25, 0.3) is 0 Å². The van der Waals surface area contributed by atoms with Crippen molar-refractivity contribution in [3.63, 3.8) is 0 Å². The molecule has 0 amide bonds. The largest absolute Gasteiger partial charge is 0.396 e. The molecule has 4 nitrogen and oxygen atoms in total. The Balaban J connectivity index is 2.06. The summed E-state index contributed by atoms with van der Waals surface area (Å²) >= 11 is 0. The third-order valence-electron chi connectivity index (χ3n) is 3.60. The number of benzene rings is 1. The zero-order valence-electron chi connectivity index (χ0n) is 10.7. The maximum atomic E-state index is 9.08. The molecule has 0 saturated carbocycles. The van der Waals surface area contributed by atoms with Crippen LogP contribution in [0.5, 0.6) is 0 Å². The smallest absolute Gasteiger partial charge is 0.0991 e. The number of hydrogen-bond acceptors (Lipinski definition) is 4. The predicted molar refractivity (Wildman–Crippen MR) is 71.5 cm³/mol. The van der Waals surface area contributed by atoms with Crippen molar-refractivity contribution in [2.75, 3.05) is 38.2 Å². The molecule has 0 spiro atoms. The molecule has 1 unspecified atom stereocenters. The Bertz CT molecular complexity index is 424. The number of hydrogen-bond donors (Lipinski definition) is 1. The Kier molecular flexibility index (Phi) is 4.19. The van der Waals surface area contributed by atoms with Gasteiger partial charge in [0.2, 0.25) is 0 Å². The Hall–Kier alpha value is -1.57. The molecule has 0 aliphatic carbocycles. The van der Waals surface area contributed by atoms with Gasteiger partial charge in [0, 0.05) is 38.0 Å².